The molecule has 0 radical (unpaired) electrons. The second-order valence-electron chi connectivity index (χ2n) is 9.37. The predicted molar refractivity (Wildman–Crippen MR) is 113 cm³/mol. The molecular weight excluding hydrogens is 350 g/mol. The molecule has 0 spiro atoms. The molecule has 4 aliphatic rings. The van der Waals surface area contributed by atoms with Crippen molar-refractivity contribution < 1.29 is 0 Å². The van der Waals surface area contributed by atoms with E-state index in [1.807, 2.05) is 11.3 Å². The summed E-state index contributed by atoms with van der Waals surface area (Å²) in [7, 11) is 2.21. The van der Waals surface area contributed by atoms with Crippen LogP contribution in [0.4, 0.5) is 5.69 Å². The number of benzene rings is 1. The summed E-state index contributed by atoms with van der Waals surface area (Å²) in [6.45, 7) is 3.09. The van der Waals surface area contributed by atoms with Gasteiger partial charge in [0.05, 0.1) is 5.54 Å². The van der Waals surface area contributed by atoms with Gasteiger partial charge in [0.1, 0.15) is 0 Å². The zero-order valence-electron chi connectivity index (χ0n) is 16.6. The fourth-order valence-electron chi connectivity index (χ4n) is 6.14. The van der Waals surface area contributed by atoms with E-state index in [-0.39, 0.29) is 5.54 Å². The van der Waals surface area contributed by atoms with Gasteiger partial charge in [-0.3, -0.25) is 4.99 Å². The Morgan fingerprint density at radius 2 is 1.70 bits per heavy atom. The number of hydrogen-bond donors (Lipinski definition) is 1. The molecule has 0 aliphatic heterocycles. The maximum absolute atomic E-state index is 5.41. The standard InChI is InChI=1S/C23H31N3S/c1-16-3-5-20(6-4-16)24-8-7-21-15-27-22(26(21)2)25-23-12-17-9-18(13-23)11-19(10-17)14-23/h3-6,15,17-19,24H,7-14H2,1-2H3. The topological polar surface area (TPSA) is 29.3 Å². The van der Waals surface area contributed by atoms with Crippen molar-refractivity contribution in [1.29, 1.82) is 0 Å². The molecule has 4 bridgehead atoms. The van der Waals surface area contributed by atoms with E-state index in [2.05, 4.69) is 53.5 Å². The number of nitrogens with one attached hydrogen (secondary N) is 1. The maximum atomic E-state index is 5.41. The van der Waals surface area contributed by atoms with E-state index in [1.165, 1.54) is 60.3 Å². The van der Waals surface area contributed by atoms with Gasteiger partial charge in [0.2, 0.25) is 0 Å². The molecular formula is C23H31N3S. The van der Waals surface area contributed by atoms with Crippen LogP contribution in [0.3, 0.4) is 0 Å². The van der Waals surface area contributed by atoms with E-state index in [0.29, 0.717) is 0 Å². The summed E-state index contributed by atoms with van der Waals surface area (Å²) in [6, 6.07) is 8.65. The van der Waals surface area contributed by atoms with Crippen molar-refractivity contribution in [2.24, 2.45) is 29.8 Å². The van der Waals surface area contributed by atoms with Crippen molar-refractivity contribution in [3.8, 4) is 0 Å². The van der Waals surface area contributed by atoms with E-state index >= 15 is 0 Å². The average Bonchev–Trinajstić information content (AvgIpc) is 2.95. The molecule has 4 aliphatic carbocycles. The van der Waals surface area contributed by atoms with Crippen LogP contribution in [0.15, 0.2) is 34.6 Å². The highest BCUT2D eigenvalue weighted by Crippen LogP contribution is 2.57. The van der Waals surface area contributed by atoms with Gasteiger partial charge in [0.15, 0.2) is 4.80 Å². The summed E-state index contributed by atoms with van der Waals surface area (Å²) in [5.74, 6) is 2.88. The second-order valence-corrected chi connectivity index (χ2v) is 10.2. The van der Waals surface area contributed by atoms with Gasteiger partial charge in [-0.05, 0) is 75.3 Å². The third kappa shape index (κ3) is 3.49. The van der Waals surface area contributed by atoms with Gasteiger partial charge in [-0.15, -0.1) is 11.3 Å². The van der Waals surface area contributed by atoms with Crippen LogP contribution in [-0.2, 0) is 13.5 Å². The minimum absolute atomic E-state index is 0.273. The summed E-state index contributed by atoms with van der Waals surface area (Å²) in [6.07, 6.45) is 9.55. The van der Waals surface area contributed by atoms with Crippen molar-refractivity contribution in [3.05, 3.63) is 45.7 Å². The molecule has 4 fully saturated rings. The monoisotopic (exact) mass is 381 g/mol. The van der Waals surface area contributed by atoms with Gasteiger partial charge < -0.3 is 9.88 Å². The number of aromatic nitrogens is 1. The SMILES string of the molecule is Cc1ccc(NCCc2csc(=NC34CC5CC(CC(C5)C3)C4)n2C)cc1. The third-order valence-corrected chi connectivity index (χ3v) is 8.08. The molecule has 144 valence electrons. The molecule has 3 nitrogen and oxygen atoms in total. The maximum Gasteiger partial charge on any atom is 0.185 e. The number of thiazole rings is 1. The highest BCUT2D eigenvalue weighted by molar-refractivity contribution is 7.07. The summed E-state index contributed by atoms with van der Waals surface area (Å²) in [5.41, 5.74) is 4.18. The lowest BCUT2D eigenvalue weighted by Gasteiger charge is -2.54. The third-order valence-electron chi connectivity index (χ3n) is 7.12. The first-order valence-electron chi connectivity index (χ1n) is 10.6. The van der Waals surface area contributed by atoms with E-state index in [4.69, 9.17) is 4.99 Å². The lowest BCUT2D eigenvalue weighted by atomic mass is 9.53. The Kier molecular flexibility index (Phi) is 4.42. The van der Waals surface area contributed by atoms with Gasteiger partial charge in [0.25, 0.3) is 0 Å². The molecule has 6 rings (SSSR count). The smallest absolute Gasteiger partial charge is 0.185 e. The van der Waals surface area contributed by atoms with Crippen LogP contribution in [0.2, 0.25) is 0 Å². The number of rotatable bonds is 5. The van der Waals surface area contributed by atoms with Crippen molar-refractivity contribution >= 4 is 17.0 Å². The summed E-state index contributed by atoms with van der Waals surface area (Å²) in [5, 5.41) is 5.86. The summed E-state index contributed by atoms with van der Waals surface area (Å²) in [4.78, 5) is 6.65. The number of aryl methyl sites for hydroxylation is 1. The lowest BCUT2D eigenvalue weighted by Crippen LogP contribution is -2.50. The van der Waals surface area contributed by atoms with E-state index in [1.54, 1.807) is 0 Å². The Balaban J connectivity index is 1.29. The highest BCUT2D eigenvalue weighted by atomic mass is 32.1. The molecule has 27 heavy (non-hydrogen) atoms. The van der Waals surface area contributed by atoms with Gasteiger partial charge >= 0.3 is 0 Å². The number of hydrogen-bond acceptors (Lipinski definition) is 3. The Hall–Kier alpha value is -1.55. The normalized spacial score (nSPS) is 32.2. The molecule has 1 aromatic heterocycles. The van der Waals surface area contributed by atoms with Gasteiger partial charge in [0, 0.05) is 36.8 Å². The molecule has 4 heteroatoms. The van der Waals surface area contributed by atoms with Crippen LogP contribution in [0.1, 0.15) is 49.8 Å². The molecule has 0 amide bonds. The van der Waals surface area contributed by atoms with Gasteiger partial charge in [-0.25, -0.2) is 0 Å². The van der Waals surface area contributed by atoms with Crippen molar-refractivity contribution in [1.82, 2.24) is 4.57 Å². The Morgan fingerprint density at radius 1 is 1.07 bits per heavy atom. The molecule has 4 saturated carbocycles. The Labute approximate surface area is 166 Å². The Morgan fingerprint density at radius 3 is 2.33 bits per heavy atom. The molecule has 0 atom stereocenters. The van der Waals surface area contributed by atoms with Crippen LogP contribution >= 0.6 is 11.3 Å². The number of anilines is 1. The first-order valence-corrected chi connectivity index (χ1v) is 11.5. The molecule has 1 N–H and O–H groups in total. The first kappa shape index (κ1) is 17.5. The van der Waals surface area contributed by atoms with E-state index < -0.39 is 0 Å². The van der Waals surface area contributed by atoms with Crippen LogP contribution in [0.5, 0.6) is 0 Å². The first-order chi connectivity index (χ1) is 13.1. The minimum Gasteiger partial charge on any atom is -0.385 e. The fraction of sp³-hybridized carbons (Fsp3) is 0.609. The largest absolute Gasteiger partial charge is 0.385 e. The van der Waals surface area contributed by atoms with E-state index in [9.17, 15) is 0 Å². The second kappa shape index (κ2) is 6.80. The molecule has 1 aromatic carbocycles. The molecule has 0 unspecified atom stereocenters. The number of nitrogens with zero attached hydrogens (tertiary/aromatic N) is 2. The molecule has 1 heterocycles. The van der Waals surface area contributed by atoms with Crippen LogP contribution in [0, 0.1) is 24.7 Å². The average molecular weight is 382 g/mol. The lowest BCUT2D eigenvalue weighted by molar-refractivity contribution is -0.000362. The van der Waals surface area contributed by atoms with Crippen LogP contribution in [0.25, 0.3) is 0 Å². The van der Waals surface area contributed by atoms with Crippen LogP contribution < -0.4 is 10.1 Å². The van der Waals surface area contributed by atoms with Gasteiger partial charge in [-0.1, -0.05) is 17.7 Å². The van der Waals surface area contributed by atoms with Crippen molar-refractivity contribution in [3.63, 3.8) is 0 Å². The van der Waals surface area contributed by atoms with Crippen molar-refractivity contribution in [2.45, 2.75) is 57.4 Å². The highest BCUT2D eigenvalue weighted by Gasteiger charge is 2.51. The summed E-state index contributed by atoms with van der Waals surface area (Å²) < 4.78 is 2.35. The van der Waals surface area contributed by atoms with Gasteiger partial charge in [-0.2, -0.15) is 0 Å². The quantitative estimate of drug-likeness (QED) is 0.783. The summed E-state index contributed by atoms with van der Waals surface area (Å²) >= 11 is 1.84. The zero-order chi connectivity index (χ0) is 18.4. The zero-order valence-corrected chi connectivity index (χ0v) is 17.4. The fourth-order valence-corrected chi connectivity index (χ4v) is 7.18. The van der Waals surface area contributed by atoms with E-state index in [0.717, 1.165) is 30.7 Å². The van der Waals surface area contributed by atoms with Crippen LogP contribution in [-0.4, -0.2) is 16.7 Å². The van der Waals surface area contributed by atoms with Crippen molar-refractivity contribution in [2.75, 3.05) is 11.9 Å². The molecule has 2 aromatic rings. The predicted octanol–water partition coefficient (Wildman–Crippen LogP) is 4.92. The Bertz CT molecular complexity index is 838. The molecule has 0 saturated heterocycles. The minimum atomic E-state index is 0.273.